The first-order valence-electron chi connectivity index (χ1n) is 9.01. The van der Waals surface area contributed by atoms with E-state index in [9.17, 15) is 9.59 Å². The Bertz CT molecular complexity index is 946. The van der Waals surface area contributed by atoms with E-state index in [4.69, 9.17) is 0 Å². The van der Waals surface area contributed by atoms with Gasteiger partial charge >= 0.3 is 0 Å². The third kappa shape index (κ3) is 5.05. The number of hydrogen-bond donors (Lipinski definition) is 2. The SMILES string of the molecule is CCC(=O)c1ncc(-c2ccccc2)cc1NC(=O)CNCc1ccncn1. The Morgan fingerprint density at radius 2 is 1.86 bits per heavy atom. The first-order valence-corrected chi connectivity index (χ1v) is 9.01. The van der Waals surface area contributed by atoms with Crippen LogP contribution in [-0.2, 0) is 11.3 Å². The number of rotatable bonds is 8. The first-order chi connectivity index (χ1) is 13.7. The third-order valence-corrected chi connectivity index (χ3v) is 4.09. The number of pyridine rings is 1. The summed E-state index contributed by atoms with van der Waals surface area (Å²) in [5.41, 5.74) is 3.27. The molecule has 7 nitrogen and oxygen atoms in total. The zero-order valence-electron chi connectivity index (χ0n) is 15.6. The van der Waals surface area contributed by atoms with Crippen LogP contribution in [0.15, 0.2) is 61.2 Å². The molecule has 0 spiro atoms. The summed E-state index contributed by atoms with van der Waals surface area (Å²) < 4.78 is 0. The maximum Gasteiger partial charge on any atom is 0.238 e. The maximum absolute atomic E-state index is 12.4. The largest absolute Gasteiger partial charge is 0.323 e. The van der Waals surface area contributed by atoms with Crippen molar-refractivity contribution in [3.63, 3.8) is 0 Å². The van der Waals surface area contributed by atoms with E-state index in [2.05, 4.69) is 25.6 Å². The summed E-state index contributed by atoms with van der Waals surface area (Å²) in [6.45, 7) is 2.29. The Labute approximate surface area is 163 Å². The quantitative estimate of drug-likeness (QED) is 0.588. The van der Waals surface area contributed by atoms with Gasteiger partial charge in [0.1, 0.15) is 12.0 Å². The monoisotopic (exact) mass is 375 g/mol. The van der Waals surface area contributed by atoms with Crippen LogP contribution < -0.4 is 10.6 Å². The van der Waals surface area contributed by atoms with Crippen LogP contribution in [0.5, 0.6) is 0 Å². The van der Waals surface area contributed by atoms with Crippen molar-refractivity contribution in [2.75, 3.05) is 11.9 Å². The van der Waals surface area contributed by atoms with E-state index in [1.165, 1.54) is 6.33 Å². The second kappa shape index (κ2) is 9.48. The van der Waals surface area contributed by atoms with Crippen LogP contribution in [0.3, 0.4) is 0 Å². The van der Waals surface area contributed by atoms with Crippen LogP contribution in [0.4, 0.5) is 5.69 Å². The average molecular weight is 375 g/mol. The van der Waals surface area contributed by atoms with Gasteiger partial charge in [-0.05, 0) is 17.7 Å². The molecular formula is C21H21N5O2. The van der Waals surface area contributed by atoms with Crippen LogP contribution in [0.25, 0.3) is 11.1 Å². The standard InChI is InChI=1S/C21H21N5O2/c1-2-19(27)21-18(10-16(11-24-21)15-6-4-3-5-7-15)26-20(28)13-23-12-17-8-9-22-14-25-17/h3-11,14,23H,2,12-13H2,1H3,(H,26,28). The van der Waals surface area contributed by atoms with Crippen LogP contribution >= 0.6 is 0 Å². The van der Waals surface area contributed by atoms with Crippen LogP contribution in [0, 0.1) is 0 Å². The van der Waals surface area contributed by atoms with Crippen LogP contribution in [0.1, 0.15) is 29.5 Å². The fourth-order valence-electron chi connectivity index (χ4n) is 2.66. The molecule has 0 aliphatic carbocycles. The van der Waals surface area contributed by atoms with E-state index < -0.39 is 0 Å². The number of carbonyl (C=O) groups is 2. The molecule has 0 saturated heterocycles. The van der Waals surface area contributed by atoms with E-state index in [0.29, 0.717) is 18.7 Å². The number of aromatic nitrogens is 3. The highest BCUT2D eigenvalue weighted by atomic mass is 16.2. The second-order valence-corrected chi connectivity index (χ2v) is 6.12. The molecular weight excluding hydrogens is 354 g/mol. The molecule has 2 aromatic heterocycles. The van der Waals surface area contributed by atoms with Gasteiger partial charge in [0, 0.05) is 30.9 Å². The summed E-state index contributed by atoms with van der Waals surface area (Å²) in [6.07, 6.45) is 5.07. The Kier molecular flexibility index (Phi) is 6.54. The highest BCUT2D eigenvalue weighted by Crippen LogP contribution is 2.24. The predicted octanol–water partition coefficient (Wildman–Crippen LogP) is 2.86. The van der Waals surface area contributed by atoms with E-state index in [0.717, 1.165) is 16.8 Å². The van der Waals surface area contributed by atoms with Gasteiger partial charge in [-0.2, -0.15) is 0 Å². The average Bonchev–Trinajstić information content (AvgIpc) is 2.74. The van der Waals surface area contributed by atoms with Crippen molar-refractivity contribution in [1.82, 2.24) is 20.3 Å². The number of nitrogens with one attached hydrogen (secondary N) is 2. The molecule has 1 aromatic carbocycles. The zero-order chi connectivity index (χ0) is 19.8. The van der Waals surface area contributed by atoms with Gasteiger partial charge in [0.25, 0.3) is 0 Å². The zero-order valence-corrected chi connectivity index (χ0v) is 15.6. The Morgan fingerprint density at radius 3 is 2.57 bits per heavy atom. The Morgan fingerprint density at radius 1 is 1.04 bits per heavy atom. The third-order valence-electron chi connectivity index (χ3n) is 4.09. The number of benzene rings is 1. The molecule has 3 aromatic rings. The fraction of sp³-hybridized carbons (Fsp3) is 0.190. The minimum atomic E-state index is -0.258. The van der Waals surface area contributed by atoms with Crippen molar-refractivity contribution in [3.05, 3.63) is 72.6 Å². The van der Waals surface area contributed by atoms with Crippen LogP contribution in [0.2, 0.25) is 0 Å². The molecule has 0 fully saturated rings. The lowest BCUT2D eigenvalue weighted by Crippen LogP contribution is -2.28. The molecule has 28 heavy (non-hydrogen) atoms. The molecule has 0 radical (unpaired) electrons. The van der Waals surface area contributed by atoms with Gasteiger partial charge in [-0.1, -0.05) is 37.3 Å². The van der Waals surface area contributed by atoms with Gasteiger partial charge in [-0.15, -0.1) is 0 Å². The summed E-state index contributed by atoms with van der Waals surface area (Å²) in [5.74, 6) is -0.380. The fourth-order valence-corrected chi connectivity index (χ4v) is 2.66. The van der Waals surface area contributed by atoms with Gasteiger partial charge in [-0.3, -0.25) is 14.6 Å². The lowest BCUT2D eigenvalue weighted by molar-refractivity contribution is -0.115. The molecule has 0 bridgehead atoms. The van der Waals surface area contributed by atoms with Crippen molar-refractivity contribution in [2.24, 2.45) is 0 Å². The molecule has 0 saturated carbocycles. The number of amides is 1. The topological polar surface area (TPSA) is 96.9 Å². The van der Waals surface area contributed by atoms with Gasteiger partial charge < -0.3 is 10.6 Å². The molecule has 142 valence electrons. The predicted molar refractivity (Wildman–Crippen MR) is 107 cm³/mol. The van der Waals surface area contributed by atoms with E-state index in [-0.39, 0.29) is 23.9 Å². The Hall–Kier alpha value is -3.45. The number of Topliss-reactive ketones (excluding diaryl/α,β-unsaturated/α-hetero) is 1. The number of anilines is 1. The van der Waals surface area contributed by atoms with E-state index >= 15 is 0 Å². The summed E-state index contributed by atoms with van der Waals surface area (Å²) in [5, 5.41) is 5.83. The molecule has 0 unspecified atom stereocenters. The van der Waals surface area contributed by atoms with Crippen molar-refractivity contribution >= 4 is 17.4 Å². The van der Waals surface area contributed by atoms with Gasteiger partial charge in [0.15, 0.2) is 5.78 Å². The van der Waals surface area contributed by atoms with Gasteiger partial charge in [0.2, 0.25) is 5.91 Å². The molecule has 1 amide bonds. The maximum atomic E-state index is 12.4. The summed E-state index contributed by atoms with van der Waals surface area (Å²) in [7, 11) is 0. The highest BCUT2D eigenvalue weighted by Gasteiger charge is 2.15. The second-order valence-electron chi connectivity index (χ2n) is 6.12. The molecule has 0 aliphatic rings. The number of hydrogen-bond acceptors (Lipinski definition) is 6. The molecule has 2 N–H and O–H groups in total. The lowest BCUT2D eigenvalue weighted by Gasteiger charge is -2.12. The van der Waals surface area contributed by atoms with E-state index in [1.54, 1.807) is 31.5 Å². The van der Waals surface area contributed by atoms with Crippen molar-refractivity contribution in [3.8, 4) is 11.1 Å². The molecule has 7 heteroatoms. The molecule has 3 rings (SSSR count). The van der Waals surface area contributed by atoms with Crippen molar-refractivity contribution in [2.45, 2.75) is 19.9 Å². The minimum Gasteiger partial charge on any atom is -0.323 e. The molecule has 0 atom stereocenters. The summed E-state index contributed by atoms with van der Waals surface area (Å²) >= 11 is 0. The molecule has 0 aliphatic heterocycles. The molecule has 2 heterocycles. The first kappa shape index (κ1) is 19.3. The lowest BCUT2D eigenvalue weighted by atomic mass is 10.1. The van der Waals surface area contributed by atoms with Crippen molar-refractivity contribution < 1.29 is 9.59 Å². The summed E-state index contributed by atoms with van der Waals surface area (Å²) in [6, 6.07) is 13.2. The number of nitrogens with zero attached hydrogens (tertiary/aromatic N) is 3. The Balaban J connectivity index is 1.72. The van der Waals surface area contributed by atoms with Gasteiger partial charge in [0.05, 0.1) is 17.9 Å². The van der Waals surface area contributed by atoms with Gasteiger partial charge in [-0.25, -0.2) is 9.97 Å². The smallest absolute Gasteiger partial charge is 0.238 e. The normalized spacial score (nSPS) is 10.5. The van der Waals surface area contributed by atoms with Crippen molar-refractivity contribution in [1.29, 1.82) is 0 Å². The van der Waals surface area contributed by atoms with Crippen LogP contribution in [-0.4, -0.2) is 33.2 Å². The summed E-state index contributed by atoms with van der Waals surface area (Å²) in [4.78, 5) is 36.8. The highest BCUT2D eigenvalue weighted by molar-refractivity contribution is 6.04. The number of ketones is 1. The number of carbonyl (C=O) groups excluding carboxylic acids is 2. The minimum absolute atomic E-state index is 0.0827. The van der Waals surface area contributed by atoms with E-state index in [1.807, 2.05) is 30.3 Å².